The van der Waals surface area contributed by atoms with Crippen LogP contribution < -0.4 is 0 Å². The highest BCUT2D eigenvalue weighted by Crippen LogP contribution is 2.38. The maximum Gasteiger partial charge on any atom is 0.124 e. The number of aromatic nitrogens is 2. The molecule has 0 N–H and O–H groups in total. The van der Waals surface area contributed by atoms with Crippen molar-refractivity contribution >= 4 is 0 Å². The lowest BCUT2D eigenvalue weighted by atomic mass is 9.83. The van der Waals surface area contributed by atoms with Gasteiger partial charge in [-0.3, -0.25) is 4.90 Å². The summed E-state index contributed by atoms with van der Waals surface area (Å²) >= 11 is 0. The molecule has 1 fully saturated rings. The largest absolute Gasteiger partial charge is 0.350 e. The Morgan fingerprint density at radius 2 is 1.83 bits per heavy atom. The molecule has 1 aromatic carbocycles. The predicted molar refractivity (Wildman–Crippen MR) is 92.0 cm³/mol. The predicted octanol–water partition coefficient (Wildman–Crippen LogP) is 3.65. The first kappa shape index (κ1) is 16.2. The van der Waals surface area contributed by atoms with Gasteiger partial charge in [0.25, 0.3) is 0 Å². The van der Waals surface area contributed by atoms with Gasteiger partial charge in [0.15, 0.2) is 0 Å². The van der Waals surface area contributed by atoms with Crippen molar-refractivity contribution in [2.75, 3.05) is 13.1 Å². The van der Waals surface area contributed by atoms with Crippen molar-refractivity contribution in [3.63, 3.8) is 0 Å². The van der Waals surface area contributed by atoms with Gasteiger partial charge in [0.05, 0.1) is 11.9 Å². The number of likely N-dealkylation sites (tertiary alicyclic amines) is 1. The highest BCUT2D eigenvalue weighted by molar-refractivity contribution is 5.23. The third-order valence-corrected chi connectivity index (χ3v) is 4.87. The number of hydrogen-bond acceptors (Lipinski definition) is 3. The summed E-state index contributed by atoms with van der Waals surface area (Å²) in [6, 6.07) is 10.7. The molecule has 4 nitrogen and oxygen atoms in total. The average Bonchev–Trinajstić information content (AvgIpc) is 3.07. The molecular weight excluding hydrogens is 286 g/mol. The van der Waals surface area contributed by atoms with Gasteiger partial charge in [0.1, 0.15) is 6.73 Å². The molecule has 3 rings (SSSR count). The first-order chi connectivity index (χ1) is 11.0. The van der Waals surface area contributed by atoms with Gasteiger partial charge >= 0.3 is 0 Å². The van der Waals surface area contributed by atoms with Gasteiger partial charge in [-0.1, -0.05) is 30.3 Å². The third-order valence-electron chi connectivity index (χ3n) is 4.87. The van der Waals surface area contributed by atoms with E-state index in [4.69, 9.17) is 4.74 Å². The lowest BCUT2D eigenvalue weighted by molar-refractivity contribution is -0.126. The molecule has 0 spiro atoms. The van der Waals surface area contributed by atoms with Gasteiger partial charge < -0.3 is 9.30 Å². The Bertz CT molecular complexity index is 593. The zero-order valence-electron chi connectivity index (χ0n) is 14.4. The maximum atomic E-state index is 6.46. The molecule has 0 aliphatic carbocycles. The smallest absolute Gasteiger partial charge is 0.124 e. The molecular formula is C19H27N3O. The molecule has 1 aliphatic heterocycles. The molecule has 2 aromatic rings. The molecule has 0 saturated carbocycles. The molecule has 1 saturated heterocycles. The van der Waals surface area contributed by atoms with Crippen LogP contribution in [0.2, 0.25) is 0 Å². The third kappa shape index (κ3) is 3.65. The fraction of sp³-hybridized carbons (Fsp3) is 0.526. The van der Waals surface area contributed by atoms with Crippen LogP contribution >= 0.6 is 0 Å². The van der Waals surface area contributed by atoms with E-state index in [-0.39, 0.29) is 11.1 Å². The lowest BCUT2D eigenvalue weighted by Crippen LogP contribution is -2.51. The number of piperidine rings is 1. The second-order valence-corrected chi connectivity index (χ2v) is 7.37. The summed E-state index contributed by atoms with van der Waals surface area (Å²) < 4.78 is 8.45. The fourth-order valence-corrected chi connectivity index (χ4v) is 3.36. The Labute approximate surface area is 139 Å². The number of hydrogen-bond donors (Lipinski definition) is 0. The van der Waals surface area contributed by atoms with Gasteiger partial charge in [-0.05, 0) is 39.2 Å². The van der Waals surface area contributed by atoms with E-state index < -0.39 is 0 Å². The molecule has 0 atom stereocenters. The molecule has 1 aliphatic rings. The minimum absolute atomic E-state index is 0.201. The number of rotatable bonds is 4. The van der Waals surface area contributed by atoms with Crippen molar-refractivity contribution in [3.8, 4) is 0 Å². The van der Waals surface area contributed by atoms with Crippen molar-refractivity contribution in [2.45, 2.75) is 51.5 Å². The maximum absolute atomic E-state index is 6.46. The van der Waals surface area contributed by atoms with Crippen LogP contribution in [0.25, 0.3) is 0 Å². The summed E-state index contributed by atoms with van der Waals surface area (Å²) in [4.78, 5) is 6.65. The summed E-state index contributed by atoms with van der Waals surface area (Å²) in [5.74, 6) is 0. The first-order valence-electron chi connectivity index (χ1n) is 8.40. The zero-order chi connectivity index (χ0) is 16.3. The van der Waals surface area contributed by atoms with Crippen molar-refractivity contribution in [3.05, 3.63) is 54.6 Å². The van der Waals surface area contributed by atoms with E-state index >= 15 is 0 Å². The fourth-order valence-electron chi connectivity index (χ4n) is 3.36. The number of imidazole rings is 1. The Hall–Kier alpha value is -1.65. The highest BCUT2D eigenvalue weighted by atomic mass is 16.5. The van der Waals surface area contributed by atoms with Crippen molar-refractivity contribution in [2.24, 2.45) is 0 Å². The number of ether oxygens (including phenoxy) is 1. The Morgan fingerprint density at radius 3 is 2.39 bits per heavy atom. The molecule has 124 valence electrons. The quantitative estimate of drug-likeness (QED) is 0.863. The van der Waals surface area contributed by atoms with E-state index in [0.29, 0.717) is 6.73 Å². The molecule has 0 bridgehead atoms. The zero-order valence-corrected chi connectivity index (χ0v) is 14.4. The Morgan fingerprint density at radius 1 is 1.13 bits per heavy atom. The van der Waals surface area contributed by atoms with E-state index in [1.807, 2.05) is 17.1 Å². The molecule has 4 heteroatoms. The molecule has 1 aromatic heterocycles. The van der Waals surface area contributed by atoms with Crippen LogP contribution in [0, 0.1) is 0 Å². The summed E-state index contributed by atoms with van der Waals surface area (Å²) in [5.41, 5.74) is 1.30. The van der Waals surface area contributed by atoms with Crippen molar-refractivity contribution < 1.29 is 4.74 Å². The topological polar surface area (TPSA) is 30.3 Å². The van der Waals surface area contributed by atoms with E-state index in [0.717, 1.165) is 25.9 Å². The number of benzene rings is 1. The van der Waals surface area contributed by atoms with Gasteiger partial charge in [0, 0.05) is 31.0 Å². The first-order valence-corrected chi connectivity index (χ1v) is 8.40. The van der Waals surface area contributed by atoms with Crippen LogP contribution in [0.5, 0.6) is 0 Å². The van der Waals surface area contributed by atoms with Crippen molar-refractivity contribution in [1.29, 1.82) is 0 Å². The second kappa shape index (κ2) is 6.46. The normalized spacial score (nSPS) is 18.9. The summed E-state index contributed by atoms with van der Waals surface area (Å²) in [6.45, 7) is 9.52. The van der Waals surface area contributed by atoms with Crippen LogP contribution in [0.15, 0.2) is 49.1 Å². The van der Waals surface area contributed by atoms with E-state index in [2.05, 4.69) is 61.0 Å². The van der Waals surface area contributed by atoms with Crippen LogP contribution in [-0.2, 0) is 17.1 Å². The van der Waals surface area contributed by atoms with E-state index in [1.165, 1.54) is 5.56 Å². The van der Waals surface area contributed by atoms with Crippen LogP contribution in [0.3, 0.4) is 0 Å². The van der Waals surface area contributed by atoms with Gasteiger partial charge in [-0.15, -0.1) is 0 Å². The minimum atomic E-state index is -0.201. The Kier molecular flexibility index (Phi) is 4.55. The van der Waals surface area contributed by atoms with E-state index in [1.54, 1.807) is 6.20 Å². The van der Waals surface area contributed by atoms with Crippen LogP contribution in [0.4, 0.5) is 0 Å². The van der Waals surface area contributed by atoms with Gasteiger partial charge in [0.2, 0.25) is 0 Å². The standard InChI is InChI=1S/C19H27N3O/c1-18(2,3)22-12-9-19(10-13-22,17-7-5-4-6-8-17)23-16-21-14-11-20-15-21/h4-8,11,14-15H,9-10,12-13,16H2,1-3H3. The van der Waals surface area contributed by atoms with Crippen LogP contribution in [-0.4, -0.2) is 33.1 Å². The molecule has 0 unspecified atom stereocenters. The lowest BCUT2D eigenvalue weighted by Gasteiger charge is -2.46. The molecule has 2 heterocycles. The van der Waals surface area contributed by atoms with E-state index in [9.17, 15) is 0 Å². The summed E-state index contributed by atoms with van der Waals surface area (Å²) in [6.07, 6.45) is 7.58. The highest BCUT2D eigenvalue weighted by Gasteiger charge is 2.39. The summed E-state index contributed by atoms with van der Waals surface area (Å²) in [5, 5.41) is 0. The van der Waals surface area contributed by atoms with Gasteiger partial charge in [-0.2, -0.15) is 0 Å². The minimum Gasteiger partial charge on any atom is -0.350 e. The molecule has 0 radical (unpaired) electrons. The number of nitrogens with zero attached hydrogens (tertiary/aromatic N) is 3. The molecule has 0 amide bonds. The SMILES string of the molecule is CC(C)(C)N1CCC(OCn2ccnc2)(c2ccccc2)CC1. The summed E-state index contributed by atoms with van der Waals surface area (Å²) in [7, 11) is 0. The van der Waals surface area contributed by atoms with Crippen LogP contribution in [0.1, 0.15) is 39.2 Å². The second-order valence-electron chi connectivity index (χ2n) is 7.37. The van der Waals surface area contributed by atoms with Gasteiger partial charge in [-0.25, -0.2) is 4.98 Å². The monoisotopic (exact) mass is 313 g/mol. The average molecular weight is 313 g/mol. The van der Waals surface area contributed by atoms with Crippen molar-refractivity contribution in [1.82, 2.24) is 14.5 Å². The Balaban J connectivity index is 1.78. The molecule has 23 heavy (non-hydrogen) atoms.